The monoisotopic (exact) mass is 286 g/mol. The molecule has 90 valence electrons. The van der Waals surface area contributed by atoms with Gasteiger partial charge in [0.05, 0.1) is 6.61 Å². The third-order valence-electron chi connectivity index (χ3n) is 2.32. The molecule has 0 fully saturated rings. The van der Waals surface area contributed by atoms with Crippen molar-refractivity contribution in [3.8, 4) is 0 Å². The summed E-state index contributed by atoms with van der Waals surface area (Å²) in [4.78, 5) is 0. The molecule has 0 aromatic heterocycles. The van der Waals surface area contributed by atoms with Crippen LogP contribution in [0.15, 0.2) is 28.7 Å². The van der Waals surface area contributed by atoms with Crippen molar-refractivity contribution in [2.75, 3.05) is 25.6 Å². The van der Waals surface area contributed by atoms with Gasteiger partial charge < -0.3 is 15.8 Å². The lowest BCUT2D eigenvalue weighted by Crippen LogP contribution is -2.25. The molecule has 0 aliphatic carbocycles. The summed E-state index contributed by atoms with van der Waals surface area (Å²) in [5.74, 6) is 0. The van der Waals surface area contributed by atoms with Gasteiger partial charge in [-0.3, -0.25) is 0 Å². The van der Waals surface area contributed by atoms with Gasteiger partial charge in [0.15, 0.2) is 0 Å². The number of nitrogens with two attached hydrogens (primary N) is 1. The molecule has 0 aliphatic heterocycles. The topological polar surface area (TPSA) is 47.3 Å². The first kappa shape index (κ1) is 13.5. The average Bonchev–Trinajstić information content (AvgIpc) is 2.26. The van der Waals surface area contributed by atoms with E-state index >= 15 is 0 Å². The van der Waals surface area contributed by atoms with Gasteiger partial charge in [-0.2, -0.15) is 0 Å². The van der Waals surface area contributed by atoms with Crippen LogP contribution in [0.5, 0.6) is 0 Å². The van der Waals surface area contributed by atoms with Crippen molar-refractivity contribution in [3.63, 3.8) is 0 Å². The van der Waals surface area contributed by atoms with E-state index in [0.29, 0.717) is 12.6 Å². The lowest BCUT2D eigenvalue weighted by atomic mass is 10.1. The van der Waals surface area contributed by atoms with Gasteiger partial charge in [-0.25, -0.2) is 0 Å². The summed E-state index contributed by atoms with van der Waals surface area (Å²) in [5.41, 5.74) is 6.62. The van der Waals surface area contributed by atoms with Gasteiger partial charge >= 0.3 is 0 Å². The number of anilines is 1. The highest BCUT2D eigenvalue weighted by molar-refractivity contribution is 9.10. The molecule has 16 heavy (non-hydrogen) atoms. The Morgan fingerprint density at radius 2 is 2.31 bits per heavy atom. The Morgan fingerprint density at radius 3 is 2.94 bits per heavy atom. The average molecular weight is 287 g/mol. The molecule has 0 saturated heterocycles. The van der Waals surface area contributed by atoms with Crippen LogP contribution in [-0.2, 0) is 4.74 Å². The third kappa shape index (κ3) is 4.96. The van der Waals surface area contributed by atoms with E-state index in [0.717, 1.165) is 29.5 Å². The lowest BCUT2D eigenvalue weighted by molar-refractivity contribution is 0.182. The van der Waals surface area contributed by atoms with E-state index in [4.69, 9.17) is 10.5 Å². The summed E-state index contributed by atoms with van der Waals surface area (Å²) in [5, 5.41) is 3.44. The first-order valence-electron chi connectivity index (χ1n) is 5.47. The molecule has 1 aromatic rings. The number of methoxy groups -OCH3 is 1. The van der Waals surface area contributed by atoms with E-state index in [1.807, 2.05) is 12.1 Å². The van der Waals surface area contributed by atoms with E-state index < -0.39 is 0 Å². The van der Waals surface area contributed by atoms with Gasteiger partial charge in [0.25, 0.3) is 0 Å². The van der Waals surface area contributed by atoms with Crippen LogP contribution in [0, 0.1) is 0 Å². The fourth-order valence-corrected chi connectivity index (χ4v) is 1.98. The minimum absolute atomic E-state index is 0.322. The number of halogens is 1. The van der Waals surface area contributed by atoms with Crippen molar-refractivity contribution in [1.82, 2.24) is 0 Å². The molecule has 3 nitrogen and oxygen atoms in total. The molecule has 0 bridgehead atoms. The fraction of sp³-hybridized carbons (Fsp3) is 0.500. The van der Waals surface area contributed by atoms with Crippen molar-refractivity contribution in [2.45, 2.75) is 18.9 Å². The van der Waals surface area contributed by atoms with E-state index in [-0.39, 0.29) is 0 Å². The molecule has 1 unspecified atom stereocenters. The van der Waals surface area contributed by atoms with Crippen molar-refractivity contribution in [1.29, 1.82) is 0 Å². The predicted octanol–water partition coefficient (Wildman–Crippen LogP) is 2.61. The highest BCUT2D eigenvalue weighted by atomic mass is 79.9. The Morgan fingerprint density at radius 1 is 1.50 bits per heavy atom. The van der Waals surface area contributed by atoms with Crippen LogP contribution >= 0.6 is 15.9 Å². The summed E-state index contributed by atoms with van der Waals surface area (Å²) in [7, 11) is 1.72. The van der Waals surface area contributed by atoms with Crippen molar-refractivity contribution in [3.05, 3.63) is 28.7 Å². The maximum atomic E-state index is 5.51. The molecular formula is C12H19BrN2O. The maximum Gasteiger partial charge on any atom is 0.0664 e. The van der Waals surface area contributed by atoms with Gasteiger partial charge in [0.2, 0.25) is 0 Å². The van der Waals surface area contributed by atoms with Crippen molar-refractivity contribution < 1.29 is 4.74 Å². The maximum absolute atomic E-state index is 5.51. The summed E-state index contributed by atoms with van der Waals surface area (Å²) in [6, 6.07) is 8.46. The molecule has 0 radical (unpaired) electrons. The summed E-state index contributed by atoms with van der Waals surface area (Å²) < 4.78 is 6.26. The third-order valence-corrected chi connectivity index (χ3v) is 2.81. The Kier molecular flexibility index (Phi) is 6.45. The van der Waals surface area contributed by atoms with Gasteiger partial charge in [-0.05, 0) is 37.6 Å². The van der Waals surface area contributed by atoms with E-state index in [1.165, 1.54) is 0 Å². The first-order chi connectivity index (χ1) is 7.76. The highest BCUT2D eigenvalue weighted by Crippen LogP contribution is 2.17. The number of hydrogen-bond donors (Lipinski definition) is 2. The predicted molar refractivity (Wildman–Crippen MR) is 71.7 cm³/mol. The molecule has 0 spiro atoms. The second kappa shape index (κ2) is 7.65. The Hall–Kier alpha value is -0.580. The van der Waals surface area contributed by atoms with Crippen molar-refractivity contribution >= 4 is 21.6 Å². The minimum Gasteiger partial charge on any atom is -0.383 e. The first-order valence-corrected chi connectivity index (χ1v) is 6.26. The van der Waals surface area contributed by atoms with Crippen LogP contribution in [0.4, 0.5) is 5.69 Å². The smallest absolute Gasteiger partial charge is 0.0664 e. The van der Waals surface area contributed by atoms with E-state index in [2.05, 4.69) is 33.4 Å². The summed E-state index contributed by atoms with van der Waals surface area (Å²) in [6.07, 6.45) is 2.03. The number of benzene rings is 1. The number of ether oxygens (including phenoxy) is 1. The zero-order valence-electron chi connectivity index (χ0n) is 9.58. The molecule has 0 heterocycles. The molecule has 1 aromatic carbocycles. The molecule has 0 aliphatic rings. The van der Waals surface area contributed by atoms with Gasteiger partial charge in [0, 0.05) is 23.3 Å². The van der Waals surface area contributed by atoms with Gasteiger partial charge in [-0.1, -0.05) is 22.0 Å². The van der Waals surface area contributed by atoms with E-state index in [1.54, 1.807) is 7.11 Å². The Bertz CT molecular complexity index is 307. The standard InChI is InChI=1S/C12H19BrN2O/c1-16-9-12(6-3-7-14)15-11-5-2-4-10(13)8-11/h2,4-5,8,12,15H,3,6-7,9,14H2,1H3. The lowest BCUT2D eigenvalue weighted by Gasteiger charge is -2.19. The number of hydrogen-bond acceptors (Lipinski definition) is 3. The number of rotatable bonds is 7. The second-order valence-electron chi connectivity index (χ2n) is 3.74. The van der Waals surface area contributed by atoms with Gasteiger partial charge in [0.1, 0.15) is 0 Å². The van der Waals surface area contributed by atoms with Crippen LogP contribution in [0.3, 0.4) is 0 Å². The molecule has 1 rings (SSSR count). The normalized spacial score (nSPS) is 12.4. The van der Waals surface area contributed by atoms with Gasteiger partial charge in [-0.15, -0.1) is 0 Å². The molecule has 4 heteroatoms. The van der Waals surface area contributed by atoms with Crippen LogP contribution in [0.25, 0.3) is 0 Å². The molecular weight excluding hydrogens is 268 g/mol. The summed E-state index contributed by atoms with van der Waals surface area (Å²) >= 11 is 3.45. The zero-order chi connectivity index (χ0) is 11.8. The second-order valence-corrected chi connectivity index (χ2v) is 4.65. The molecule has 0 saturated carbocycles. The summed E-state index contributed by atoms with van der Waals surface area (Å²) in [6.45, 7) is 1.42. The van der Waals surface area contributed by atoms with Crippen LogP contribution in [-0.4, -0.2) is 26.3 Å². The fourth-order valence-electron chi connectivity index (χ4n) is 1.58. The molecule has 1 atom stereocenters. The SMILES string of the molecule is COCC(CCCN)Nc1cccc(Br)c1. The van der Waals surface area contributed by atoms with E-state index in [9.17, 15) is 0 Å². The molecule has 3 N–H and O–H groups in total. The minimum atomic E-state index is 0.322. The van der Waals surface area contributed by atoms with Crippen molar-refractivity contribution in [2.24, 2.45) is 5.73 Å². The zero-order valence-corrected chi connectivity index (χ0v) is 11.2. The Labute approximate surface area is 105 Å². The van der Waals surface area contributed by atoms with Crippen LogP contribution < -0.4 is 11.1 Å². The highest BCUT2D eigenvalue weighted by Gasteiger charge is 2.07. The largest absolute Gasteiger partial charge is 0.383 e. The number of nitrogens with one attached hydrogen (secondary N) is 1. The molecule has 0 amide bonds. The quantitative estimate of drug-likeness (QED) is 0.810. The van der Waals surface area contributed by atoms with Crippen LogP contribution in [0.2, 0.25) is 0 Å². The Balaban J connectivity index is 2.52. The van der Waals surface area contributed by atoms with Crippen LogP contribution in [0.1, 0.15) is 12.8 Å².